The van der Waals surface area contributed by atoms with Gasteiger partial charge in [0.2, 0.25) is 0 Å². The zero-order chi connectivity index (χ0) is 32.7. The summed E-state index contributed by atoms with van der Waals surface area (Å²) in [6, 6.07) is 18.1. The van der Waals surface area contributed by atoms with Crippen LogP contribution in [0.1, 0.15) is 44.7 Å². The molecule has 0 spiro atoms. The number of ketones is 2. The number of ether oxygens (including phenoxy) is 2. The zero-order valence-corrected chi connectivity index (χ0v) is 30.9. The van der Waals surface area contributed by atoms with E-state index >= 15 is 0 Å². The maximum absolute atomic E-state index is 12.9. The van der Waals surface area contributed by atoms with Gasteiger partial charge in [0.25, 0.3) is 0 Å². The number of benzene rings is 4. The molecule has 46 heavy (non-hydrogen) atoms. The van der Waals surface area contributed by atoms with Crippen LogP contribution in [0.3, 0.4) is 0 Å². The first-order valence-electron chi connectivity index (χ1n) is 13.4. The number of rotatable bonds is 14. The predicted molar refractivity (Wildman–Crippen MR) is 173 cm³/mol. The molecule has 8 nitrogen and oxygen atoms in total. The number of carbonyl (C=O) groups is 2. The molecule has 0 radical (unpaired) electrons. The fourth-order valence-electron chi connectivity index (χ4n) is 4.48. The SMILES string of the molecule is COc1cc(OP(=O)([O-])Oc2ccc(C(=O)CCc3c(Cl)cccc3Cl)c(OC)c2)ccc1C(=O)CCc1c(Cl)cccc1Cl.[Na+]. The van der Waals surface area contributed by atoms with Crippen molar-refractivity contribution in [3.8, 4) is 23.0 Å². The Hall–Kier alpha value is -2.23. The molecular formula is C32H26Cl4NaO8P. The normalized spacial score (nSPS) is 10.9. The molecule has 0 atom stereocenters. The summed E-state index contributed by atoms with van der Waals surface area (Å²) in [5, 5.41) is 1.81. The quantitative estimate of drug-likeness (QED) is 0.0899. The first-order chi connectivity index (χ1) is 21.4. The van der Waals surface area contributed by atoms with Crippen LogP contribution >= 0.6 is 54.2 Å². The molecule has 0 fully saturated rings. The Morgan fingerprint density at radius 2 is 1.00 bits per heavy atom. The van der Waals surface area contributed by atoms with Gasteiger partial charge in [0.15, 0.2) is 11.6 Å². The summed E-state index contributed by atoms with van der Waals surface area (Å²) < 4.78 is 33.7. The van der Waals surface area contributed by atoms with Crippen molar-refractivity contribution in [1.82, 2.24) is 0 Å². The molecule has 0 N–H and O–H groups in total. The Kier molecular flexibility index (Phi) is 14.3. The van der Waals surface area contributed by atoms with Gasteiger partial charge in [-0.15, -0.1) is 0 Å². The summed E-state index contributed by atoms with van der Waals surface area (Å²) in [7, 11) is -2.31. The third kappa shape index (κ3) is 9.89. The van der Waals surface area contributed by atoms with Crippen LogP contribution in [0.2, 0.25) is 20.1 Å². The third-order valence-electron chi connectivity index (χ3n) is 6.71. The molecule has 0 aliphatic rings. The minimum atomic E-state index is -4.99. The van der Waals surface area contributed by atoms with E-state index in [1.54, 1.807) is 36.4 Å². The smallest absolute Gasteiger partial charge is 0.736 e. The van der Waals surface area contributed by atoms with E-state index < -0.39 is 7.82 Å². The van der Waals surface area contributed by atoms with E-state index in [0.717, 1.165) is 0 Å². The molecule has 4 aromatic carbocycles. The Bertz CT molecular complexity index is 1620. The standard InChI is InChI=1S/C32H27Cl4O8P.Na/c1-41-31-17-19(9-11-23(31)29(37)15-13-21-25(33)5-3-6-26(21)34)43-45(39,40)44-20-10-12-24(32(18-20)42-2)30(38)16-14-22-27(35)7-4-8-28(22)36;/h3-12,17-18H,13-16H2,1-2H3,(H,39,40);/q;+1/p-1. The van der Waals surface area contributed by atoms with Gasteiger partial charge in [0.1, 0.15) is 23.0 Å². The Balaban J connectivity index is 0.00000576. The molecule has 4 aromatic rings. The van der Waals surface area contributed by atoms with Crippen LogP contribution in [0, 0.1) is 0 Å². The van der Waals surface area contributed by atoms with Crippen molar-refractivity contribution in [3.05, 3.63) is 115 Å². The summed E-state index contributed by atoms with van der Waals surface area (Å²) in [5.74, 6) is -0.628. The van der Waals surface area contributed by atoms with Crippen molar-refractivity contribution in [2.45, 2.75) is 25.7 Å². The number of phosphoric acid groups is 1. The summed E-state index contributed by atoms with van der Waals surface area (Å²) in [5.41, 5.74) is 1.73. The molecule has 236 valence electrons. The Morgan fingerprint density at radius 3 is 1.33 bits per heavy atom. The van der Waals surface area contributed by atoms with Crippen LogP contribution in [0.4, 0.5) is 0 Å². The third-order valence-corrected chi connectivity index (χ3v) is 8.99. The second-order valence-corrected chi connectivity index (χ2v) is 12.5. The van der Waals surface area contributed by atoms with Crippen LogP contribution < -0.4 is 53.0 Å². The van der Waals surface area contributed by atoms with Crippen molar-refractivity contribution in [2.75, 3.05) is 14.2 Å². The molecule has 0 aliphatic carbocycles. The average molecular weight is 734 g/mol. The van der Waals surface area contributed by atoms with Crippen LogP contribution in [0.5, 0.6) is 23.0 Å². The van der Waals surface area contributed by atoms with E-state index in [0.29, 0.717) is 44.1 Å². The van der Waals surface area contributed by atoms with Crippen LogP contribution in [0.25, 0.3) is 0 Å². The van der Waals surface area contributed by atoms with Crippen molar-refractivity contribution in [2.24, 2.45) is 0 Å². The first-order valence-corrected chi connectivity index (χ1v) is 16.4. The molecule has 14 heteroatoms. The van der Waals surface area contributed by atoms with Gasteiger partial charge in [-0.1, -0.05) is 58.5 Å². The Labute approximate surface area is 308 Å². The number of hydrogen-bond donors (Lipinski definition) is 0. The number of halogens is 4. The van der Waals surface area contributed by atoms with E-state index in [1.165, 1.54) is 50.6 Å². The molecular weight excluding hydrogens is 708 g/mol. The number of carbonyl (C=O) groups excluding carboxylic acids is 2. The van der Waals surface area contributed by atoms with E-state index in [2.05, 4.69) is 0 Å². The topological polar surface area (TPSA) is 111 Å². The molecule has 0 bridgehead atoms. The molecule has 0 saturated heterocycles. The molecule has 0 amide bonds. The Morgan fingerprint density at radius 1 is 0.652 bits per heavy atom. The van der Waals surface area contributed by atoms with Gasteiger partial charge in [-0.2, -0.15) is 0 Å². The molecule has 0 saturated carbocycles. The zero-order valence-electron chi connectivity index (χ0n) is 25.0. The first kappa shape index (κ1) is 38.2. The molecule has 0 heterocycles. The average Bonchev–Trinajstić information content (AvgIpc) is 2.99. The van der Waals surface area contributed by atoms with E-state index in [1.807, 2.05) is 0 Å². The van der Waals surface area contributed by atoms with Crippen LogP contribution in [0.15, 0.2) is 72.8 Å². The maximum atomic E-state index is 12.9. The molecule has 0 unspecified atom stereocenters. The van der Waals surface area contributed by atoms with Crippen molar-refractivity contribution >= 4 is 65.8 Å². The van der Waals surface area contributed by atoms with Crippen molar-refractivity contribution in [3.63, 3.8) is 0 Å². The number of hydrogen-bond acceptors (Lipinski definition) is 8. The summed E-state index contributed by atoms with van der Waals surface area (Å²) in [6.07, 6.45) is 0.756. The molecule has 0 aromatic heterocycles. The molecule has 4 rings (SSSR count). The summed E-state index contributed by atoms with van der Waals surface area (Å²) in [6.45, 7) is 0. The number of methoxy groups -OCH3 is 2. The predicted octanol–water partition coefficient (Wildman–Crippen LogP) is 5.88. The minimum Gasteiger partial charge on any atom is -0.736 e. The fraction of sp³-hybridized carbons (Fsp3) is 0.188. The molecule has 0 aliphatic heterocycles. The van der Waals surface area contributed by atoms with Crippen molar-refractivity contribution in [1.29, 1.82) is 0 Å². The van der Waals surface area contributed by atoms with Crippen molar-refractivity contribution < 1.29 is 67.1 Å². The van der Waals surface area contributed by atoms with Gasteiger partial charge >= 0.3 is 37.4 Å². The second-order valence-electron chi connectivity index (χ2n) is 9.60. The van der Waals surface area contributed by atoms with Crippen LogP contribution in [-0.4, -0.2) is 25.8 Å². The summed E-state index contributed by atoms with van der Waals surface area (Å²) in [4.78, 5) is 38.7. The largest absolute Gasteiger partial charge is 1.00 e. The maximum Gasteiger partial charge on any atom is 1.00 e. The minimum absolute atomic E-state index is 0. The van der Waals surface area contributed by atoms with Gasteiger partial charge in [0, 0.05) is 45.1 Å². The van der Waals surface area contributed by atoms with E-state index in [4.69, 9.17) is 64.9 Å². The summed E-state index contributed by atoms with van der Waals surface area (Å²) >= 11 is 24.8. The van der Waals surface area contributed by atoms with Gasteiger partial charge in [-0.25, -0.2) is 4.57 Å². The van der Waals surface area contributed by atoms with E-state index in [-0.39, 0.29) is 88.1 Å². The van der Waals surface area contributed by atoms with Gasteiger partial charge in [-0.05, 0) is 72.5 Å². The van der Waals surface area contributed by atoms with Gasteiger partial charge < -0.3 is 23.4 Å². The van der Waals surface area contributed by atoms with Crippen LogP contribution in [-0.2, 0) is 17.4 Å². The monoisotopic (exact) mass is 732 g/mol. The second kappa shape index (κ2) is 17.3. The fourth-order valence-corrected chi connectivity index (χ4v) is 6.44. The van der Waals surface area contributed by atoms with Gasteiger partial charge in [0.05, 0.1) is 25.3 Å². The van der Waals surface area contributed by atoms with E-state index in [9.17, 15) is 19.0 Å². The number of phosphoric ester groups is 1. The number of Topliss-reactive ketones (excluding diaryl/α,β-unsaturated/α-hetero) is 2. The van der Waals surface area contributed by atoms with Gasteiger partial charge in [-0.3, -0.25) is 9.59 Å².